The Kier molecular flexibility index (Phi) is 35.1. The van der Waals surface area contributed by atoms with Crippen LogP contribution in [0.4, 0.5) is 0 Å². The summed E-state index contributed by atoms with van der Waals surface area (Å²) in [6.07, 6.45) is 2.64. The first-order valence-electron chi connectivity index (χ1n) is 4.86. The Balaban J connectivity index is -0.0000000965. The number of hydrogen-bond acceptors (Lipinski definition) is 1. The van der Waals surface area contributed by atoms with Gasteiger partial charge in [0.15, 0.2) is 0 Å². The second-order valence-corrected chi connectivity index (χ2v) is 2.44. The first kappa shape index (κ1) is 17.2. The molecule has 0 rings (SSSR count). The zero-order valence-corrected chi connectivity index (χ0v) is 9.49. The zero-order chi connectivity index (χ0) is 9.70. The molecule has 0 unspecified atom stereocenters. The van der Waals surface area contributed by atoms with Crippen LogP contribution in [0.1, 0.15) is 54.4 Å². The Hall–Kier alpha value is -0.0400. The van der Waals surface area contributed by atoms with Gasteiger partial charge >= 0.3 is 0 Å². The van der Waals surface area contributed by atoms with Crippen molar-refractivity contribution in [2.45, 2.75) is 60.4 Å². The molecule has 0 fully saturated rings. The number of rotatable bonds is 2. The van der Waals surface area contributed by atoms with E-state index in [-0.39, 0.29) is 0 Å². The zero-order valence-electron chi connectivity index (χ0n) is 9.49. The van der Waals surface area contributed by atoms with Crippen LogP contribution in [0, 0.1) is 0 Å². The van der Waals surface area contributed by atoms with Crippen LogP contribution < -0.4 is 5.32 Å². The van der Waals surface area contributed by atoms with Crippen molar-refractivity contribution in [2.24, 2.45) is 0 Å². The maximum atomic E-state index is 3.03. The van der Waals surface area contributed by atoms with E-state index in [0.717, 1.165) is 0 Å². The van der Waals surface area contributed by atoms with Crippen LogP contribution in [-0.4, -0.2) is 13.1 Å². The quantitative estimate of drug-likeness (QED) is 0.654. The Morgan fingerprint density at radius 3 is 1.18 bits per heavy atom. The van der Waals surface area contributed by atoms with E-state index >= 15 is 0 Å². The van der Waals surface area contributed by atoms with Gasteiger partial charge in [0.2, 0.25) is 0 Å². The number of hydrogen-bond donors (Lipinski definition) is 1. The SMILES string of the molecule is CC.CCCC.CNC(C)C. The lowest BCUT2D eigenvalue weighted by molar-refractivity contribution is 0.668. The van der Waals surface area contributed by atoms with Crippen LogP contribution in [-0.2, 0) is 0 Å². The lowest BCUT2D eigenvalue weighted by Crippen LogP contribution is -2.15. The highest BCUT2D eigenvalue weighted by atomic mass is 14.8. The summed E-state index contributed by atoms with van der Waals surface area (Å²) in [5.74, 6) is 0. The van der Waals surface area contributed by atoms with E-state index in [2.05, 4.69) is 33.0 Å². The molecule has 0 spiro atoms. The first-order chi connectivity index (χ1) is 5.18. The van der Waals surface area contributed by atoms with Gasteiger partial charge in [0.1, 0.15) is 0 Å². The summed E-state index contributed by atoms with van der Waals surface area (Å²) in [6, 6.07) is 0.634. The molecule has 0 saturated carbocycles. The highest BCUT2D eigenvalue weighted by Gasteiger charge is 1.76. The second-order valence-electron chi connectivity index (χ2n) is 2.44. The van der Waals surface area contributed by atoms with E-state index in [9.17, 15) is 0 Å². The third-order valence-corrected chi connectivity index (χ3v) is 1.08. The lowest BCUT2D eigenvalue weighted by atomic mass is 10.4. The van der Waals surface area contributed by atoms with Crippen LogP contribution >= 0.6 is 0 Å². The number of nitrogens with one attached hydrogen (secondary N) is 1. The normalized spacial score (nSPS) is 7.64. The average molecular weight is 161 g/mol. The third kappa shape index (κ3) is 72.0. The van der Waals surface area contributed by atoms with Crippen LogP contribution in [0.25, 0.3) is 0 Å². The van der Waals surface area contributed by atoms with Crippen molar-refractivity contribution in [3.63, 3.8) is 0 Å². The van der Waals surface area contributed by atoms with Crippen LogP contribution in [0.5, 0.6) is 0 Å². The van der Waals surface area contributed by atoms with E-state index < -0.39 is 0 Å². The van der Waals surface area contributed by atoms with Crippen molar-refractivity contribution in [2.75, 3.05) is 7.05 Å². The highest BCUT2D eigenvalue weighted by Crippen LogP contribution is 1.76. The predicted molar refractivity (Wildman–Crippen MR) is 56.1 cm³/mol. The molecule has 0 radical (unpaired) electrons. The predicted octanol–water partition coefficient (Wildman–Crippen LogP) is 3.45. The molecule has 0 aromatic heterocycles. The van der Waals surface area contributed by atoms with Crippen molar-refractivity contribution in [1.82, 2.24) is 5.32 Å². The van der Waals surface area contributed by atoms with Crippen LogP contribution in [0.3, 0.4) is 0 Å². The molecule has 0 aliphatic heterocycles. The highest BCUT2D eigenvalue weighted by molar-refractivity contribution is 4.40. The summed E-state index contributed by atoms with van der Waals surface area (Å²) in [6.45, 7) is 12.6. The number of unbranched alkanes of at least 4 members (excludes halogenated alkanes) is 1. The molecule has 0 aliphatic carbocycles. The lowest BCUT2D eigenvalue weighted by Gasteiger charge is -1.95. The van der Waals surface area contributed by atoms with Gasteiger partial charge in [0, 0.05) is 6.04 Å². The van der Waals surface area contributed by atoms with E-state index in [1.807, 2.05) is 20.9 Å². The van der Waals surface area contributed by atoms with Gasteiger partial charge in [-0.1, -0.05) is 54.4 Å². The molecule has 11 heavy (non-hydrogen) atoms. The first-order valence-corrected chi connectivity index (χ1v) is 4.86. The molecule has 1 nitrogen and oxygen atoms in total. The maximum absolute atomic E-state index is 3.03. The molecule has 0 saturated heterocycles. The van der Waals surface area contributed by atoms with Crippen molar-refractivity contribution < 1.29 is 0 Å². The molecule has 0 atom stereocenters. The summed E-state index contributed by atoms with van der Waals surface area (Å²) >= 11 is 0. The van der Waals surface area contributed by atoms with Crippen LogP contribution in [0.2, 0.25) is 0 Å². The van der Waals surface area contributed by atoms with Crippen molar-refractivity contribution in [3.05, 3.63) is 0 Å². The standard InChI is InChI=1S/C4H11N.C4H10.C2H6/c1-4(2)5-3;1-3-4-2;1-2/h4-5H,1-3H3;3-4H2,1-2H3;1-2H3. The Morgan fingerprint density at radius 2 is 1.18 bits per heavy atom. The fourth-order valence-corrected chi connectivity index (χ4v) is 0. The molecule has 0 heterocycles. The minimum Gasteiger partial charge on any atom is -0.318 e. The van der Waals surface area contributed by atoms with Gasteiger partial charge < -0.3 is 5.32 Å². The van der Waals surface area contributed by atoms with Crippen molar-refractivity contribution >= 4 is 0 Å². The largest absolute Gasteiger partial charge is 0.318 e. The van der Waals surface area contributed by atoms with Crippen LogP contribution in [0.15, 0.2) is 0 Å². The molecule has 1 heteroatoms. The molecule has 1 N–H and O–H groups in total. The van der Waals surface area contributed by atoms with Gasteiger partial charge in [-0.2, -0.15) is 0 Å². The van der Waals surface area contributed by atoms with E-state index in [1.54, 1.807) is 0 Å². The molecule has 0 bridgehead atoms. The van der Waals surface area contributed by atoms with Crippen molar-refractivity contribution in [1.29, 1.82) is 0 Å². The van der Waals surface area contributed by atoms with Gasteiger partial charge in [0.05, 0.1) is 0 Å². The van der Waals surface area contributed by atoms with Crippen molar-refractivity contribution in [3.8, 4) is 0 Å². The summed E-state index contributed by atoms with van der Waals surface area (Å²) in [5.41, 5.74) is 0. The minimum absolute atomic E-state index is 0.634. The Labute approximate surface area is 73.6 Å². The van der Waals surface area contributed by atoms with E-state index in [1.165, 1.54) is 12.8 Å². The molecular formula is C10H27N. The molecule has 72 valence electrons. The average Bonchev–Trinajstić information content (AvgIpc) is 2.08. The summed E-state index contributed by atoms with van der Waals surface area (Å²) in [5, 5.41) is 3.03. The van der Waals surface area contributed by atoms with Gasteiger partial charge in [-0.25, -0.2) is 0 Å². The molecular weight excluding hydrogens is 134 g/mol. The van der Waals surface area contributed by atoms with Gasteiger partial charge in [-0.15, -0.1) is 0 Å². The van der Waals surface area contributed by atoms with Gasteiger partial charge in [-0.3, -0.25) is 0 Å². The third-order valence-electron chi connectivity index (χ3n) is 1.08. The Bertz CT molecular complexity index is 31.9. The topological polar surface area (TPSA) is 12.0 Å². The fourth-order valence-electron chi connectivity index (χ4n) is 0. The Morgan fingerprint density at radius 1 is 1.00 bits per heavy atom. The minimum atomic E-state index is 0.634. The summed E-state index contributed by atoms with van der Waals surface area (Å²) in [7, 11) is 1.95. The maximum Gasteiger partial charge on any atom is 0.000733 e. The molecule has 0 amide bonds. The van der Waals surface area contributed by atoms with E-state index in [4.69, 9.17) is 0 Å². The smallest absolute Gasteiger partial charge is 0.000733 e. The molecule has 0 aromatic carbocycles. The monoisotopic (exact) mass is 161 g/mol. The molecule has 0 aromatic rings. The fraction of sp³-hybridized carbons (Fsp3) is 1.00. The molecule has 0 aliphatic rings. The van der Waals surface area contributed by atoms with Gasteiger partial charge in [0.25, 0.3) is 0 Å². The van der Waals surface area contributed by atoms with E-state index in [0.29, 0.717) is 6.04 Å². The summed E-state index contributed by atoms with van der Waals surface area (Å²) < 4.78 is 0. The summed E-state index contributed by atoms with van der Waals surface area (Å²) in [4.78, 5) is 0. The van der Waals surface area contributed by atoms with Gasteiger partial charge in [-0.05, 0) is 7.05 Å². The second kappa shape index (κ2) is 22.5.